The van der Waals surface area contributed by atoms with Crippen molar-refractivity contribution in [3.8, 4) is 11.8 Å². The van der Waals surface area contributed by atoms with Gasteiger partial charge in [-0.2, -0.15) is 0 Å². The molecule has 0 saturated heterocycles. The second-order valence-electron chi connectivity index (χ2n) is 2.43. The first-order chi connectivity index (χ1) is 6.65. The van der Waals surface area contributed by atoms with Crippen LogP contribution in [0.5, 0.6) is 0 Å². The van der Waals surface area contributed by atoms with Crippen molar-refractivity contribution < 1.29 is 9.18 Å². The molecule has 0 N–H and O–H groups in total. The predicted molar refractivity (Wildman–Crippen MR) is 54.0 cm³/mol. The summed E-state index contributed by atoms with van der Waals surface area (Å²) in [5.41, 5.74) is 0.402. The van der Waals surface area contributed by atoms with Crippen molar-refractivity contribution in [2.24, 2.45) is 0 Å². The fourth-order valence-corrected chi connectivity index (χ4v) is 1.14. The minimum atomic E-state index is -0.616. The molecule has 4 heteroatoms. The smallest absolute Gasteiger partial charge is 0.144 e. The van der Waals surface area contributed by atoms with Crippen LogP contribution < -0.4 is 0 Å². The molecule has 0 aromatic heterocycles. The second kappa shape index (κ2) is 4.99. The van der Waals surface area contributed by atoms with E-state index >= 15 is 0 Å². The number of rotatable bonds is 1. The Morgan fingerprint density at radius 2 is 2.14 bits per heavy atom. The average molecular weight is 231 g/mol. The van der Waals surface area contributed by atoms with Gasteiger partial charge in [0.05, 0.1) is 16.5 Å². The van der Waals surface area contributed by atoms with Crippen molar-refractivity contribution in [1.82, 2.24) is 0 Å². The highest BCUT2D eigenvalue weighted by Crippen LogP contribution is 2.25. The zero-order valence-corrected chi connectivity index (χ0v) is 8.49. The third kappa shape index (κ3) is 2.73. The van der Waals surface area contributed by atoms with Crippen LogP contribution in [-0.2, 0) is 4.79 Å². The maximum atomic E-state index is 13.0. The van der Waals surface area contributed by atoms with Crippen LogP contribution in [0.3, 0.4) is 0 Å². The number of benzene rings is 1. The molecule has 0 aliphatic rings. The van der Waals surface area contributed by atoms with E-state index in [4.69, 9.17) is 23.2 Å². The molecule has 1 rings (SSSR count). The summed E-state index contributed by atoms with van der Waals surface area (Å²) in [5.74, 6) is 4.51. The third-order valence-electron chi connectivity index (χ3n) is 1.40. The van der Waals surface area contributed by atoms with E-state index in [1.807, 2.05) is 0 Å². The minimum Gasteiger partial charge on any atom is -0.302 e. The molecule has 0 unspecified atom stereocenters. The molecular weight excluding hydrogens is 226 g/mol. The molecule has 0 radical (unpaired) electrons. The van der Waals surface area contributed by atoms with Crippen LogP contribution in [-0.4, -0.2) is 6.29 Å². The van der Waals surface area contributed by atoms with E-state index in [0.717, 1.165) is 0 Å². The molecule has 0 spiro atoms. The number of carbonyl (C=O) groups is 1. The summed E-state index contributed by atoms with van der Waals surface area (Å²) in [7, 11) is 0. The van der Waals surface area contributed by atoms with E-state index in [-0.39, 0.29) is 16.5 Å². The number of hydrogen-bond acceptors (Lipinski definition) is 1. The van der Waals surface area contributed by atoms with Gasteiger partial charge in [-0.15, -0.1) is 0 Å². The zero-order valence-electron chi connectivity index (χ0n) is 6.98. The summed E-state index contributed by atoms with van der Waals surface area (Å²) in [4.78, 5) is 9.96. The van der Waals surface area contributed by atoms with Gasteiger partial charge in [0.1, 0.15) is 12.1 Å². The topological polar surface area (TPSA) is 17.1 Å². The highest BCUT2D eigenvalue weighted by atomic mass is 35.5. The van der Waals surface area contributed by atoms with E-state index in [2.05, 4.69) is 11.8 Å². The Morgan fingerprint density at radius 3 is 2.71 bits per heavy atom. The van der Waals surface area contributed by atoms with Crippen LogP contribution in [0, 0.1) is 17.7 Å². The highest BCUT2D eigenvalue weighted by molar-refractivity contribution is 6.42. The van der Waals surface area contributed by atoms with Gasteiger partial charge in [0.25, 0.3) is 0 Å². The molecule has 1 nitrogen and oxygen atoms in total. The summed E-state index contributed by atoms with van der Waals surface area (Å²) in [6, 6.07) is 2.62. The molecule has 0 fully saturated rings. The lowest BCUT2D eigenvalue weighted by Gasteiger charge is -1.97. The molecule has 1 aromatic carbocycles. The fourth-order valence-electron chi connectivity index (χ4n) is 0.822. The molecule has 0 saturated carbocycles. The molecule has 0 atom stereocenters. The van der Waals surface area contributed by atoms with E-state index in [9.17, 15) is 9.18 Å². The van der Waals surface area contributed by atoms with Gasteiger partial charge < -0.3 is 4.79 Å². The number of halogens is 3. The van der Waals surface area contributed by atoms with Gasteiger partial charge in [0.2, 0.25) is 0 Å². The molecule has 0 amide bonds. The molecular formula is C10H5Cl2FO. The molecule has 72 valence electrons. The van der Waals surface area contributed by atoms with Crippen LogP contribution in [0.1, 0.15) is 12.0 Å². The summed E-state index contributed by atoms with van der Waals surface area (Å²) in [6.45, 7) is 0. The van der Waals surface area contributed by atoms with Gasteiger partial charge >= 0.3 is 0 Å². The number of carbonyl (C=O) groups excluding carboxylic acids is 1. The average Bonchev–Trinajstić information content (AvgIpc) is 2.14. The molecule has 0 aliphatic heterocycles. The molecule has 0 bridgehead atoms. The largest absolute Gasteiger partial charge is 0.302 e. The molecule has 1 aromatic rings. The predicted octanol–water partition coefficient (Wildman–Crippen LogP) is 3.07. The maximum absolute atomic E-state index is 13.0. The van der Waals surface area contributed by atoms with E-state index < -0.39 is 5.82 Å². The van der Waals surface area contributed by atoms with Gasteiger partial charge in [-0.25, -0.2) is 4.39 Å². The number of aldehydes is 1. The Kier molecular flexibility index (Phi) is 3.94. The van der Waals surface area contributed by atoms with E-state index in [1.54, 1.807) is 0 Å². The first kappa shape index (κ1) is 11.0. The van der Waals surface area contributed by atoms with Gasteiger partial charge in [0.15, 0.2) is 0 Å². The van der Waals surface area contributed by atoms with Gasteiger partial charge in [-0.1, -0.05) is 35.0 Å². The van der Waals surface area contributed by atoms with Crippen LogP contribution in [0.15, 0.2) is 12.1 Å². The third-order valence-corrected chi connectivity index (χ3v) is 2.18. The van der Waals surface area contributed by atoms with Crippen molar-refractivity contribution in [2.75, 3.05) is 0 Å². The van der Waals surface area contributed by atoms with Crippen molar-refractivity contribution in [1.29, 1.82) is 0 Å². The van der Waals surface area contributed by atoms with Crippen LogP contribution in [0.2, 0.25) is 10.0 Å². The van der Waals surface area contributed by atoms with Crippen molar-refractivity contribution in [3.63, 3.8) is 0 Å². The van der Waals surface area contributed by atoms with Gasteiger partial charge in [-0.3, -0.25) is 0 Å². The molecule has 0 aliphatic carbocycles. The Hall–Kier alpha value is -1.04. The van der Waals surface area contributed by atoms with E-state index in [0.29, 0.717) is 11.8 Å². The molecule has 0 heterocycles. The fraction of sp³-hybridized carbons (Fsp3) is 0.100. The summed E-state index contributed by atoms with van der Waals surface area (Å²) in [5, 5.41) is -0.00493. The lowest BCUT2D eigenvalue weighted by atomic mass is 10.2. The second-order valence-corrected chi connectivity index (χ2v) is 3.21. The standard InChI is InChI=1S/C10H5Cl2FO/c11-8-5-7(3-1-2-4-14)6-9(13)10(8)12/h4-6H,2H2. The maximum Gasteiger partial charge on any atom is 0.144 e. The van der Waals surface area contributed by atoms with Crippen LogP contribution in [0.25, 0.3) is 0 Å². The van der Waals surface area contributed by atoms with Gasteiger partial charge in [-0.05, 0) is 12.1 Å². The Labute approximate surface area is 90.8 Å². The monoisotopic (exact) mass is 230 g/mol. The number of hydrogen-bond donors (Lipinski definition) is 0. The Balaban J connectivity index is 3.02. The quantitative estimate of drug-likeness (QED) is 0.412. The lowest BCUT2D eigenvalue weighted by molar-refractivity contribution is -0.107. The summed E-state index contributed by atoms with van der Waals surface area (Å²) in [6.07, 6.45) is 0.781. The normalized spacial score (nSPS) is 9.07. The minimum absolute atomic E-state index is 0.113. The van der Waals surface area contributed by atoms with Gasteiger partial charge in [0, 0.05) is 5.56 Å². The van der Waals surface area contributed by atoms with Crippen LogP contribution in [0.4, 0.5) is 4.39 Å². The Bertz CT molecular complexity index is 395. The van der Waals surface area contributed by atoms with Crippen molar-refractivity contribution in [3.05, 3.63) is 33.6 Å². The molecule has 14 heavy (non-hydrogen) atoms. The lowest BCUT2D eigenvalue weighted by Crippen LogP contribution is -1.82. The first-order valence-electron chi connectivity index (χ1n) is 3.72. The highest BCUT2D eigenvalue weighted by Gasteiger charge is 2.05. The SMILES string of the molecule is O=CCC#Cc1cc(F)c(Cl)c(Cl)c1. The summed E-state index contributed by atoms with van der Waals surface area (Å²) >= 11 is 11.1. The van der Waals surface area contributed by atoms with E-state index in [1.165, 1.54) is 12.1 Å². The van der Waals surface area contributed by atoms with Crippen molar-refractivity contribution >= 4 is 29.5 Å². The van der Waals surface area contributed by atoms with Crippen molar-refractivity contribution in [2.45, 2.75) is 6.42 Å². The van der Waals surface area contributed by atoms with Crippen LogP contribution >= 0.6 is 23.2 Å². The Morgan fingerprint density at radius 1 is 1.43 bits per heavy atom. The first-order valence-corrected chi connectivity index (χ1v) is 4.48. The zero-order chi connectivity index (χ0) is 10.6. The summed E-state index contributed by atoms with van der Waals surface area (Å²) < 4.78 is 13.0.